The van der Waals surface area contributed by atoms with Crippen LogP contribution in [0.25, 0.3) is 6.08 Å². The molecule has 0 radical (unpaired) electrons. The highest BCUT2D eigenvalue weighted by Gasteiger charge is 2.43. The molecule has 2 aliphatic rings. The highest BCUT2D eigenvalue weighted by Crippen LogP contribution is 2.47. The lowest BCUT2D eigenvalue weighted by Crippen LogP contribution is -2.51. The van der Waals surface area contributed by atoms with Crippen LogP contribution in [-0.4, -0.2) is 29.1 Å². The fourth-order valence-corrected chi connectivity index (χ4v) is 4.78. The van der Waals surface area contributed by atoms with Crippen LogP contribution in [-0.2, 0) is 5.41 Å². The van der Waals surface area contributed by atoms with Gasteiger partial charge >= 0.3 is 0 Å². The van der Waals surface area contributed by atoms with Gasteiger partial charge in [0.2, 0.25) is 0 Å². The molecule has 0 aromatic heterocycles. The lowest BCUT2D eigenvalue weighted by atomic mass is 9.63. The van der Waals surface area contributed by atoms with Gasteiger partial charge in [0.05, 0.1) is 0 Å². The van der Waals surface area contributed by atoms with Crippen LogP contribution in [0, 0.1) is 0 Å². The van der Waals surface area contributed by atoms with E-state index in [1.165, 1.54) is 43.2 Å². The number of likely N-dealkylation sites (tertiary alicyclic amines) is 1. The van der Waals surface area contributed by atoms with Crippen molar-refractivity contribution in [2.24, 2.45) is 0 Å². The Morgan fingerprint density at radius 2 is 1.92 bits per heavy atom. The molecule has 4 rings (SSSR count). The third-order valence-electron chi connectivity index (χ3n) is 6.12. The van der Waals surface area contributed by atoms with Crippen molar-refractivity contribution in [3.05, 3.63) is 71.8 Å². The van der Waals surface area contributed by atoms with Gasteiger partial charge in [-0.25, -0.2) is 0 Å². The minimum atomic E-state index is 0. The summed E-state index contributed by atoms with van der Waals surface area (Å²) >= 11 is 0. The molecule has 1 heterocycles. The number of rotatable bonds is 4. The highest BCUT2D eigenvalue weighted by atomic mass is 35.5. The molecule has 0 amide bonds. The summed E-state index contributed by atoms with van der Waals surface area (Å²) in [6.45, 7) is 2.19. The van der Waals surface area contributed by atoms with Crippen LogP contribution in [0.2, 0.25) is 0 Å². The Morgan fingerprint density at radius 1 is 1.08 bits per heavy atom. The molecule has 2 aromatic rings. The lowest BCUT2D eigenvalue weighted by molar-refractivity contribution is 0.0606. The van der Waals surface area contributed by atoms with E-state index in [-0.39, 0.29) is 17.8 Å². The molecule has 1 aliphatic carbocycles. The number of aromatic hydroxyl groups is 1. The van der Waals surface area contributed by atoms with Crippen molar-refractivity contribution >= 4 is 18.5 Å². The van der Waals surface area contributed by atoms with Crippen LogP contribution < -0.4 is 0 Å². The van der Waals surface area contributed by atoms with Gasteiger partial charge in [-0.2, -0.15) is 0 Å². The minimum absolute atomic E-state index is 0. The number of phenolic OH excluding ortho intramolecular Hbond substituents is 1. The molecule has 2 aromatic carbocycles. The zero-order valence-corrected chi connectivity index (χ0v) is 16.0. The van der Waals surface area contributed by atoms with Gasteiger partial charge in [-0.05, 0) is 60.9 Å². The van der Waals surface area contributed by atoms with E-state index in [1.54, 1.807) is 6.07 Å². The first kappa shape index (κ1) is 19.0. The smallest absolute Gasteiger partial charge is 0.115 e. The van der Waals surface area contributed by atoms with E-state index in [2.05, 4.69) is 53.5 Å². The fourth-order valence-electron chi connectivity index (χ4n) is 4.78. The molecule has 3 heteroatoms. The molecule has 1 saturated carbocycles. The molecule has 1 saturated heterocycles. The quantitative estimate of drug-likeness (QED) is 0.778. The number of halogens is 1. The second-order valence-corrected chi connectivity index (χ2v) is 7.64. The molecular weight excluding hydrogens is 342 g/mol. The van der Waals surface area contributed by atoms with Crippen LogP contribution in [0.3, 0.4) is 0 Å². The summed E-state index contributed by atoms with van der Waals surface area (Å²) in [5.74, 6) is 0.405. The summed E-state index contributed by atoms with van der Waals surface area (Å²) in [6.07, 6.45) is 10.8. The van der Waals surface area contributed by atoms with Crippen molar-refractivity contribution in [2.45, 2.75) is 43.6 Å². The number of phenols is 1. The molecule has 2 bridgehead atoms. The number of nitrogens with zero attached hydrogens (tertiary/aromatic N) is 1. The van der Waals surface area contributed by atoms with E-state index in [4.69, 9.17) is 0 Å². The Kier molecular flexibility index (Phi) is 6.05. The van der Waals surface area contributed by atoms with E-state index in [1.807, 2.05) is 12.1 Å². The molecule has 1 N–H and O–H groups in total. The van der Waals surface area contributed by atoms with Gasteiger partial charge in [0.25, 0.3) is 0 Å². The summed E-state index contributed by atoms with van der Waals surface area (Å²) in [6, 6.07) is 19.2. The molecular formula is C23H28ClNO. The van der Waals surface area contributed by atoms with Crippen molar-refractivity contribution < 1.29 is 5.11 Å². The number of hydrogen-bond donors (Lipinski definition) is 1. The molecule has 2 nitrogen and oxygen atoms in total. The van der Waals surface area contributed by atoms with Gasteiger partial charge in [0.15, 0.2) is 0 Å². The molecule has 1 aliphatic heterocycles. The lowest BCUT2D eigenvalue weighted by Gasteiger charge is -2.50. The van der Waals surface area contributed by atoms with Crippen LogP contribution in [0.15, 0.2) is 60.7 Å². The van der Waals surface area contributed by atoms with Crippen LogP contribution in [0.4, 0.5) is 0 Å². The van der Waals surface area contributed by atoms with E-state index < -0.39 is 0 Å². The van der Waals surface area contributed by atoms with Gasteiger partial charge in [-0.15, -0.1) is 12.4 Å². The third kappa shape index (κ3) is 3.97. The Hall–Kier alpha value is -1.77. The van der Waals surface area contributed by atoms with Gasteiger partial charge in [-0.3, -0.25) is 4.90 Å². The predicted molar refractivity (Wildman–Crippen MR) is 111 cm³/mol. The number of hydrogen-bond acceptors (Lipinski definition) is 2. The summed E-state index contributed by atoms with van der Waals surface area (Å²) < 4.78 is 0. The number of benzene rings is 2. The van der Waals surface area contributed by atoms with E-state index in [0.717, 1.165) is 13.1 Å². The maximum atomic E-state index is 9.89. The molecule has 26 heavy (non-hydrogen) atoms. The first-order valence-corrected chi connectivity index (χ1v) is 9.50. The Bertz CT molecular complexity index is 745. The largest absolute Gasteiger partial charge is 0.508 e. The zero-order valence-electron chi connectivity index (χ0n) is 15.2. The highest BCUT2D eigenvalue weighted by molar-refractivity contribution is 5.85. The SMILES string of the molecule is Cl.Oc1cccc([C@@]23CCC[C@@H](C2)N(C/C=C/c2ccccc2)CC3)c1. The zero-order chi connectivity index (χ0) is 17.1. The standard InChI is InChI=1S/C23H27NO.ClH/c25-22-12-4-10-20(17-22)23-13-5-11-21(18-23)24(16-14-23)15-6-9-19-7-2-1-3-8-19;/h1-4,6-10,12,17,21,25H,5,11,13-16,18H2;1H/b9-6+;/t21-,23+;/m0./s1. The Morgan fingerprint density at radius 3 is 2.73 bits per heavy atom. The van der Waals surface area contributed by atoms with Crippen molar-refractivity contribution in [1.82, 2.24) is 4.90 Å². The maximum absolute atomic E-state index is 9.89. The molecule has 2 atom stereocenters. The van der Waals surface area contributed by atoms with Gasteiger partial charge in [0, 0.05) is 12.6 Å². The number of piperidine rings is 1. The van der Waals surface area contributed by atoms with Gasteiger partial charge in [-0.1, -0.05) is 61.0 Å². The topological polar surface area (TPSA) is 23.5 Å². The summed E-state index contributed by atoms with van der Waals surface area (Å²) in [7, 11) is 0. The monoisotopic (exact) mass is 369 g/mol. The normalized spacial score (nSPS) is 25.8. The second-order valence-electron chi connectivity index (χ2n) is 7.64. The summed E-state index contributed by atoms with van der Waals surface area (Å²) in [5, 5.41) is 9.89. The molecule has 2 fully saturated rings. The van der Waals surface area contributed by atoms with Crippen molar-refractivity contribution in [3.63, 3.8) is 0 Å². The molecule has 138 valence electrons. The Balaban J connectivity index is 0.00000196. The summed E-state index contributed by atoms with van der Waals surface area (Å²) in [4.78, 5) is 2.65. The third-order valence-corrected chi connectivity index (χ3v) is 6.12. The Labute approximate surface area is 163 Å². The van der Waals surface area contributed by atoms with Crippen molar-refractivity contribution in [2.75, 3.05) is 13.1 Å². The minimum Gasteiger partial charge on any atom is -0.508 e. The van der Waals surface area contributed by atoms with Crippen molar-refractivity contribution in [1.29, 1.82) is 0 Å². The van der Waals surface area contributed by atoms with E-state index >= 15 is 0 Å². The van der Waals surface area contributed by atoms with E-state index in [9.17, 15) is 5.11 Å². The number of fused-ring (bicyclic) bond motifs is 2. The van der Waals surface area contributed by atoms with Crippen LogP contribution in [0.1, 0.15) is 43.2 Å². The first-order valence-electron chi connectivity index (χ1n) is 9.50. The fraction of sp³-hybridized carbons (Fsp3) is 0.391. The average Bonchev–Trinajstić information content (AvgIpc) is 2.65. The second kappa shape index (κ2) is 8.28. The molecule has 0 unspecified atom stereocenters. The molecule has 0 spiro atoms. The van der Waals surface area contributed by atoms with Gasteiger partial charge < -0.3 is 5.11 Å². The van der Waals surface area contributed by atoms with E-state index in [0.29, 0.717) is 11.8 Å². The van der Waals surface area contributed by atoms with Gasteiger partial charge in [0.1, 0.15) is 5.75 Å². The van der Waals surface area contributed by atoms with Crippen LogP contribution >= 0.6 is 12.4 Å². The van der Waals surface area contributed by atoms with Crippen molar-refractivity contribution in [3.8, 4) is 5.75 Å². The summed E-state index contributed by atoms with van der Waals surface area (Å²) in [5.41, 5.74) is 2.90. The average molecular weight is 370 g/mol. The van der Waals surface area contributed by atoms with Crippen LogP contribution in [0.5, 0.6) is 5.75 Å². The predicted octanol–water partition coefficient (Wildman–Crippen LogP) is 5.41. The first-order chi connectivity index (χ1) is 12.3. The maximum Gasteiger partial charge on any atom is 0.115 e.